The quantitative estimate of drug-likeness (QED) is 0.601. The number of amides is 2. The Kier molecular flexibility index (Phi) is 6.65. The lowest BCUT2D eigenvalue weighted by Crippen LogP contribution is -2.48. The minimum Gasteiger partial charge on any atom is -0.491 e. The molecule has 0 N–H and O–H groups in total. The largest absolute Gasteiger partial charge is 0.491 e. The zero-order chi connectivity index (χ0) is 22.0. The molecule has 0 spiro atoms. The molecule has 2 heterocycles. The van der Waals surface area contributed by atoms with Crippen molar-refractivity contribution in [3.8, 4) is 5.75 Å². The van der Waals surface area contributed by atoms with Gasteiger partial charge in [-0.05, 0) is 66.8 Å². The van der Waals surface area contributed by atoms with E-state index in [2.05, 4.69) is 37.4 Å². The summed E-state index contributed by atoms with van der Waals surface area (Å²) in [5.74, 6) is 1.57. The SMILES string of the molecule is CCN(CC(=O)N1CCc2sccc2[C@@H]1COc1ccc(C(C)C)cc1)C(=O)C1CC1. The smallest absolute Gasteiger partial charge is 0.242 e. The van der Waals surface area contributed by atoms with Crippen LogP contribution < -0.4 is 4.74 Å². The van der Waals surface area contributed by atoms with E-state index in [1.807, 2.05) is 24.0 Å². The van der Waals surface area contributed by atoms with Gasteiger partial charge in [-0.1, -0.05) is 26.0 Å². The summed E-state index contributed by atoms with van der Waals surface area (Å²) in [5, 5.41) is 2.10. The van der Waals surface area contributed by atoms with E-state index >= 15 is 0 Å². The van der Waals surface area contributed by atoms with Gasteiger partial charge in [0, 0.05) is 23.9 Å². The van der Waals surface area contributed by atoms with Crippen LogP contribution in [-0.4, -0.2) is 47.9 Å². The number of hydrogen-bond acceptors (Lipinski definition) is 4. The molecule has 2 aliphatic rings. The molecule has 0 unspecified atom stereocenters. The van der Waals surface area contributed by atoms with Crippen LogP contribution in [0.5, 0.6) is 5.75 Å². The van der Waals surface area contributed by atoms with Crippen molar-refractivity contribution in [2.45, 2.75) is 52.0 Å². The number of hydrogen-bond donors (Lipinski definition) is 0. The molecule has 2 aromatic rings. The monoisotopic (exact) mass is 440 g/mol. The van der Waals surface area contributed by atoms with Crippen molar-refractivity contribution >= 4 is 23.2 Å². The second kappa shape index (κ2) is 9.43. The average molecular weight is 441 g/mol. The highest BCUT2D eigenvalue weighted by atomic mass is 32.1. The molecule has 1 fully saturated rings. The standard InChI is InChI=1S/C25H32N2O3S/c1-4-26(25(29)19-5-6-19)15-24(28)27-13-11-23-21(12-14-31-23)22(27)16-30-20-9-7-18(8-10-20)17(2)3/h7-10,12,14,17,19,22H,4-6,11,13,15-16H2,1-3H3/t22-/m0/s1. The summed E-state index contributed by atoms with van der Waals surface area (Å²) in [6.45, 7) is 8.11. The molecule has 166 valence electrons. The van der Waals surface area contributed by atoms with Crippen LogP contribution in [0.25, 0.3) is 0 Å². The second-order valence-corrected chi connectivity index (χ2v) is 9.81. The molecule has 1 aliphatic heterocycles. The van der Waals surface area contributed by atoms with E-state index in [-0.39, 0.29) is 30.3 Å². The first-order valence-corrected chi connectivity index (χ1v) is 12.2. The van der Waals surface area contributed by atoms with E-state index in [0.717, 1.165) is 25.0 Å². The summed E-state index contributed by atoms with van der Waals surface area (Å²) >= 11 is 1.75. The van der Waals surface area contributed by atoms with Crippen molar-refractivity contribution in [2.24, 2.45) is 5.92 Å². The number of benzene rings is 1. The molecule has 1 atom stereocenters. The van der Waals surface area contributed by atoms with E-state index in [1.54, 1.807) is 16.2 Å². The van der Waals surface area contributed by atoms with Crippen molar-refractivity contribution in [1.82, 2.24) is 9.80 Å². The van der Waals surface area contributed by atoms with Gasteiger partial charge in [-0.25, -0.2) is 0 Å². The van der Waals surface area contributed by atoms with Crippen molar-refractivity contribution in [1.29, 1.82) is 0 Å². The molecule has 5 nitrogen and oxygen atoms in total. The molecule has 1 aliphatic carbocycles. The number of thiophene rings is 1. The molecule has 4 rings (SSSR count). The summed E-state index contributed by atoms with van der Waals surface area (Å²) in [4.78, 5) is 30.7. The summed E-state index contributed by atoms with van der Waals surface area (Å²) < 4.78 is 6.14. The fourth-order valence-corrected chi connectivity index (χ4v) is 5.12. The zero-order valence-corrected chi connectivity index (χ0v) is 19.5. The molecule has 1 aromatic carbocycles. The van der Waals surface area contributed by atoms with E-state index < -0.39 is 0 Å². The average Bonchev–Trinajstić information content (AvgIpc) is 3.52. The number of likely N-dealkylation sites (N-methyl/N-ethyl adjacent to an activating group) is 1. The molecule has 6 heteroatoms. The molecular weight excluding hydrogens is 408 g/mol. The van der Waals surface area contributed by atoms with Crippen LogP contribution in [0, 0.1) is 5.92 Å². The number of ether oxygens (including phenoxy) is 1. The molecule has 1 aromatic heterocycles. The summed E-state index contributed by atoms with van der Waals surface area (Å²) in [6, 6.07) is 10.2. The first-order chi connectivity index (χ1) is 15.0. The van der Waals surface area contributed by atoms with E-state index in [9.17, 15) is 9.59 Å². The second-order valence-electron chi connectivity index (χ2n) is 8.81. The van der Waals surface area contributed by atoms with Crippen LogP contribution in [0.15, 0.2) is 35.7 Å². The van der Waals surface area contributed by atoms with Crippen LogP contribution >= 0.6 is 11.3 Å². The molecule has 0 saturated heterocycles. The van der Waals surface area contributed by atoms with Gasteiger partial charge in [0.05, 0.1) is 12.6 Å². The van der Waals surface area contributed by atoms with Crippen LogP contribution in [0.3, 0.4) is 0 Å². The third-order valence-corrected chi connectivity index (χ3v) is 7.31. The van der Waals surface area contributed by atoms with Crippen molar-refractivity contribution in [3.63, 3.8) is 0 Å². The maximum atomic E-state index is 13.3. The Hall–Kier alpha value is -2.34. The lowest BCUT2D eigenvalue weighted by Gasteiger charge is -2.37. The Labute approximate surface area is 189 Å². The normalized spacial score (nSPS) is 18.1. The Morgan fingerprint density at radius 1 is 1.19 bits per heavy atom. The van der Waals surface area contributed by atoms with Gasteiger partial charge in [0.1, 0.15) is 12.4 Å². The highest BCUT2D eigenvalue weighted by molar-refractivity contribution is 7.10. The van der Waals surface area contributed by atoms with Crippen molar-refractivity contribution in [2.75, 3.05) is 26.2 Å². The van der Waals surface area contributed by atoms with Crippen LogP contribution in [0.4, 0.5) is 0 Å². The first kappa shape index (κ1) is 21.9. The maximum Gasteiger partial charge on any atom is 0.242 e. The van der Waals surface area contributed by atoms with Gasteiger partial charge in [-0.15, -0.1) is 11.3 Å². The minimum absolute atomic E-state index is 0.0106. The zero-order valence-electron chi connectivity index (χ0n) is 18.7. The fourth-order valence-electron chi connectivity index (χ4n) is 4.19. The highest BCUT2D eigenvalue weighted by Gasteiger charge is 2.36. The fraction of sp³-hybridized carbons (Fsp3) is 0.520. The Morgan fingerprint density at radius 3 is 2.58 bits per heavy atom. The third kappa shape index (κ3) is 4.95. The lowest BCUT2D eigenvalue weighted by atomic mass is 10.00. The van der Waals surface area contributed by atoms with E-state index in [4.69, 9.17) is 4.74 Å². The Morgan fingerprint density at radius 2 is 1.94 bits per heavy atom. The predicted octanol–water partition coefficient (Wildman–Crippen LogP) is 4.63. The molecule has 31 heavy (non-hydrogen) atoms. The van der Waals surface area contributed by atoms with Gasteiger partial charge in [0.15, 0.2) is 0 Å². The molecule has 1 saturated carbocycles. The number of carbonyl (C=O) groups excluding carboxylic acids is 2. The van der Waals surface area contributed by atoms with Gasteiger partial charge in [-0.2, -0.15) is 0 Å². The van der Waals surface area contributed by atoms with E-state index in [0.29, 0.717) is 25.6 Å². The van der Waals surface area contributed by atoms with Gasteiger partial charge in [0.2, 0.25) is 11.8 Å². The van der Waals surface area contributed by atoms with Gasteiger partial charge < -0.3 is 14.5 Å². The van der Waals surface area contributed by atoms with Crippen molar-refractivity contribution in [3.05, 3.63) is 51.7 Å². The van der Waals surface area contributed by atoms with Gasteiger partial charge >= 0.3 is 0 Å². The summed E-state index contributed by atoms with van der Waals surface area (Å²) in [5.41, 5.74) is 2.46. The summed E-state index contributed by atoms with van der Waals surface area (Å²) in [6.07, 6.45) is 2.77. The van der Waals surface area contributed by atoms with Gasteiger partial charge in [-0.3, -0.25) is 9.59 Å². The Balaban J connectivity index is 1.47. The van der Waals surface area contributed by atoms with Crippen LogP contribution in [-0.2, 0) is 16.0 Å². The first-order valence-electron chi connectivity index (χ1n) is 11.3. The molecule has 0 radical (unpaired) electrons. The third-order valence-electron chi connectivity index (χ3n) is 6.32. The molecule has 2 amide bonds. The number of carbonyl (C=O) groups is 2. The minimum atomic E-state index is -0.123. The maximum absolute atomic E-state index is 13.3. The van der Waals surface area contributed by atoms with E-state index in [1.165, 1.54) is 16.0 Å². The molecular formula is C25H32N2O3S. The number of fused-ring (bicyclic) bond motifs is 1. The van der Waals surface area contributed by atoms with Crippen molar-refractivity contribution < 1.29 is 14.3 Å². The number of nitrogens with zero attached hydrogens (tertiary/aromatic N) is 2. The highest BCUT2D eigenvalue weighted by Crippen LogP contribution is 2.35. The topological polar surface area (TPSA) is 49.9 Å². The number of rotatable bonds is 8. The predicted molar refractivity (Wildman–Crippen MR) is 123 cm³/mol. The summed E-state index contributed by atoms with van der Waals surface area (Å²) in [7, 11) is 0. The van der Waals surface area contributed by atoms with Crippen LogP contribution in [0.2, 0.25) is 0 Å². The molecule has 0 bridgehead atoms. The van der Waals surface area contributed by atoms with Crippen LogP contribution in [0.1, 0.15) is 61.6 Å². The Bertz CT molecular complexity index is 917. The van der Waals surface area contributed by atoms with Gasteiger partial charge in [0.25, 0.3) is 0 Å². The lowest BCUT2D eigenvalue weighted by molar-refractivity contribution is -0.143.